The van der Waals surface area contributed by atoms with Crippen LogP contribution >= 0.6 is 0 Å². The molecule has 2 aromatic rings. The van der Waals surface area contributed by atoms with E-state index in [2.05, 4.69) is 67.3 Å². The Kier molecular flexibility index (Phi) is 9.16. The highest BCUT2D eigenvalue weighted by atomic mass is 32.2. The van der Waals surface area contributed by atoms with Crippen LogP contribution in [0.3, 0.4) is 0 Å². The summed E-state index contributed by atoms with van der Waals surface area (Å²) in [6, 6.07) is 21.4. The summed E-state index contributed by atoms with van der Waals surface area (Å²) in [4.78, 5) is 2.49. The first-order chi connectivity index (χ1) is 13.4. The van der Waals surface area contributed by atoms with Crippen LogP contribution < -0.4 is 0 Å². The van der Waals surface area contributed by atoms with Crippen LogP contribution in [0.5, 0.6) is 0 Å². The van der Waals surface area contributed by atoms with Gasteiger partial charge in [-0.15, -0.1) is 0 Å². The van der Waals surface area contributed by atoms with Gasteiger partial charge in [0.05, 0.1) is 12.9 Å². The van der Waals surface area contributed by atoms with Crippen molar-refractivity contribution >= 4 is 10.1 Å². The molecule has 0 fully saturated rings. The topological polar surface area (TPSA) is 46.6 Å². The Labute approximate surface area is 170 Å². The Bertz CT molecular complexity index is 778. The Balaban J connectivity index is 2.25. The summed E-state index contributed by atoms with van der Waals surface area (Å²) in [5.74, 6) is 0. The highest BCUT2D eigenvalue weighted by molar-refractivity contribution is 7.85. The summed E-state index contributed by atoms with van der Waals surface area (Å²) in [6.45, 7) is 5.46. The van der Waals surface area contributed by atoms with E-state index < -0.39 is 10.1 Å². The Morgan fingerprint density at radius 3 is 2.14 bits per heavy atom. The largest absolute Gasteiger partial charge is 0.289 e. The summed E-state index contributed by atoms with van der Waals surface area (Å²) in [5, 5.41) is 0. The van der Waals surface area contributed by atoms with E-state index >= 15 is 0 Å². The SMILES string of the molecule is CCCCC(CCOS(C)(=O)=O)N(Cc1ccccc1)C(C)c1ccccc1. The van der Waals surface area contributed by atoms with Crippen molar-refractivity contribution in [2.45, 2.75) is 58.2 Å². The second-order valence-corrected chi connectivity index (χ2v) is 9.00. The molecule has 0 aliphatic rings. The monoisotopic (exact) mass is 403 g/mol. The normalized spacial score (nSPS) is 14.1. The first kappa shape index (κ1) is 22.6. The molecule has 0 aliphatic heterocycles. The fourth-order valence-electron chi connectivity index (χ4n) is 3.55. The third-order valence-electron chi connectivity index (χ3n) is 5.10. The van der Waals surface area contributed by atoms with Crippen LogP contribution in [0.15, 0.2) is 60.7 Å². The minimum atomic E-state index is -3.42. The Morgan fingerprint density at radius 1 is 0.964 bits per heavy atom. The van der Waals surface area contributed by atoms with Crippen molar-refractivity contribution in [3.63, 3.8) is 0 Å². The van der Waals surface area contributed by atoms with Gasteiger partial charge in [-0.05, 0) is 30.9 Å². The molecular formula is C23H33NO3S. The van der Waals surface area contributed by atoms with Gasteiger partial charge >= 0.3 is 0 Å². The third kappa shape index (κ3) is 7.74. The highest BCUT2D eigenvalue weighted by Gasteiger charge is 2.25. The van der Waals surface area contributed by atoms with E-state index in [0.29, 0.717) is 6.42 Å². The van der Waals surface area contributed by atoms with Gasteiger partial charge in [-0.25, -0.2) is 0 Å². The van der Waals surface area contributed by atoms with E-state index in [1.54, 1.807) is 0 Å². The lowest BCUT2D eigenvalue weighted by atomic mass is 9.98. The fourth-order valence-corrected chi connectivity index (χ4v) is 3.95. The molecule has 0 heterocycles. The van der Waals surface area contributed by atoms with Crippen molar-refractivity contribution in [2.75, 3.05) is 12.9 Å². The third-order valence-corrected chi connectivity index (χ3v) is 5.69. The quantitative estimate of drug-likeness (QED) is 0.458. The van der Waals surface area contributed by atoms with Gasteiger partial charge in [0, 0.05) is 18.6 Å². The molecule has 0 saturated heterocycles. The first-order valence-electron chi connectivity index (χ1n) is 10.1. The van der Waals surface area contributed by atoms with Crippen LogP contribution in [0.25, 0.3) is 0 Å². The highest BCUT2D eigenvalue weighted by Crippen LogP contribution is 2.28. The van der Waals surface area contributed by atoms with E-state index in [4.69, 9.17) is 4.18 Å². The molecule has 28 heavy (non-hydrogen) atoms. The molecule has 2 unspecified atom stereocenters. The first-order valence-corrected chi connectivity index (χ1v) is 11.9. The summed E-state index contributed by atoms with van der Waals surface area (Å²) >= 11 is 0. The number of rotatable bonds is 12. The average molecular weight is 404 g/mol. The number of unbranched alkanes of at least 4 members (excludes halogenated alkanes) is 1. The van der Waals surface area contributed by atoms with Crippen LogP contribution in [0.2, 0.25) is 0 Å². The zero-order chi connectivity index (χ0) is 20.4. The molecule has 4 nitrogen and oxygen atoms in total. The van der Waals surface area contributed by atoms with Crippen molar-refractivity contribution in [1.29, 1.82) is 0 Å². The second kappa shape index (κ2) is 11.3. The van der Waals surface area contributed by atoms with Gasteiger partial charge in [-0.2, -0.15) is 8.42 Å². The number of hydrogen-bond acceptors (Lipinski definition) is 4. The average Bonchev–Trinajstić information content (AvgIpc) is 2.69. The summed E-state index contributed by atoms with van der Waals surface area (Å²) < 4.78 is 27.9. The Hall–Kier alpha value is -1.69. The molecular weight excluding hydrogens is 370 g/mol. The van der Waals surface area contributed by atoms with Crippen LogP contribution in [0, 0.1) is 0 Å². The van der Waals surface area contributed by atoms with Crippen LogP contribution in [0.1, 0.15) is 56.7 Å². The molecule has 2 aromatic carbocycles. The van der Waals surface area contributed by atoms with Crippen molar-refractivity contribution < 1.29 is 12.6 Å². The van der Waals surface area contributed by atoms with E-state index in [9.17, 15) is 8.42 Å². The zero-order valence-electron chi connectivity index (χ0n) is 17.3. The zero-order valence-corrected chi connectivity index (χ0v) is 18.1. The van der Waals surface area contributed by atoms with E-state index in [1.807, 2.05) is 12.1 Å². The van der Waals surface area contributed by atoms with Gasteiger partial charge in [0.1, 0.15) is 0 Å². The van der Waals surface area contributed by atoms with Crippen LogP contribution in [-0.4, -0.2) is 32.2 Å². The molecule has 0 aliphatic carbocycles. The van der Waals surface area contributed by atoms with E-state index in [1.165, 1.54) is 11.1 Å². The lowest BCUT2D eigenvalue weighted by Gasteiger charge is -2.37. The predicted octanol–water partition coefficient (Wildman–Crippen LogP) is 5.17. The second-order valence-electron chi connectivity index (χ2n) is 7.36. The molecule has 154 valence electrons. The molecule has 0 radical (unpaired) electrons. The summed E-state index contributed by atoms with van der Waals surface area (Å²) in [5.41, 5.74) is 2.53. The maximum atomic E-state index is 11.4. The maximum absolute atomic E-state index is 11.4. The molecule has 2 rings (SSSR count). The van der Waals surface area contributed by atoms with Crippen molar-refractivity contribution in [3.8, 4) is 0 Å². The summed E-state index contributed by atoms with van der Waals surface area (Å²) in [7, 11) is -3.42. The molecule has 0 spiro atoms. The van der Waals surface area contributed by atoms with Gasteiger partial charge in [0.2, 0.25) is 0 Å². The minimum absolute atomic E-state index is 0.222. The van der Waals surface area contributed by atoms with Crippen molar-refractivity contribution in [2.24, 2.45) is 0 Å². The van der Waals surface area contributed by atoms with Crippen molar-refractivity contribution in [3.05, 3.63) is 71.8 Å². The van der Waals surface area contributed by atoms with Crippen LogP contribution in [0.4, 0.5) is 0 Å². The molecule has 0 saturated carbocycles. The van der Waals surface area contributed by atoms with E-state index in [-0.39, 0.29) is 18.7 Å². The molecule has 0 aromatic heterocycles. The van der Waals surface area contributed by atoms with Gasteiger partial charge in [-0.3, -0.25) is 9.08 Å². The molecule has 0 amide bonds. The van der Waals surface area contributed by atoms with E-state index in [0.717, 1.165) is 32.1 Å². The predicted molar refractivity (Wildman–Crippen MR) is 116 cm³/mol. The number of hydrogen-bond donors (Lipinski definition) is 0. The van der Waals surface area contributed by atoms with Crippen molar-refractivity contribution in [1.82, 2.24) is 4.90 Å². The fraction of sp³-hybridized carbons (Fsp3) is 0.478. The Morgan fingerprint density at radius 2 is 1.57 bits per heavy atom. The lowest BCUT2D eigenvalue weighted by molar-refractivity contribution is 0.105. The minimum Gasteiger partial charge on any atom is -0.289 e. The molecule has 2 atom stereocenters. The smallest absolute Gasteiger partial charge is 0.264 e. The number of nitrogens with zero attached hydrogens (tertiary/aromatic N) is 1. The van der Waals surface area contributed by atoms with Gasteiger partial charge < -0.3 is 0 Å². The summed E-state index contributed by atoms with van der Waals surface area (Å²) in [6.07, 6.45) is 5.05. The van der Waals surface area contributed by atoms with Gasteiger partial charge in [0.15, 0.2) is 0 Å². The molecule has 0 bridgehead atoms. The lowest BCUT2D eigenvalue weighted by Crippen LogP contribution is -2.38. The molecule has 0 N–H and O–H groups in total. The maximum Gasteiger partial charge on any atom is 0.264 e. The number of benzene rings is 2. The standard InChI is InChI=1S/C23H33NO3S/c1-4-5-16-23(17-18-27-28(3,25)26)24(19-21-12-8-6-9-13-21)20(2)22-14-10-7-11-15-22/h6-15,20,23H,4-5,16-19H2,1-3H3. The molecule has 5 heteroatoms. The van der Waals surface area contributed by atoms with Gasteiger partial charge in [0.25, 0.3) is 10.1 Å². The van der Waals surface area contributed by atoms with Gasteiger partial charge in [-0.1, -0.05) is 80.4 Å². The van der Waals surface area contributed by atoms with Crippen LogP contribution in [-0.2, 0) is 20.8 Å².